The lowest BCUT2D eigenvalue weighted by Crippen LogP contribution is -2.54. The van der Waals surface area contributed by atoms with Crippen molar-refractivity contribution in [1.82, 2.24) is 40.4 Å². The van der Waals surface area contributed by atoms with Gasteiger partial charge in [-0.05, 0) is 56.6 Å². The second kappa shape index (κ2) is 19.1. The zero-order valence-electron chi connectivity index (χ0n) is 34.1. The number of hydrogen-bond acceptors (Lipinski definition) is 11. The Morgan fingerprint density at radius 1 is 0.780 bits per heavy atom. The Bertz CT molecular complexity index is 2110. The Hall–Kier alpha value is -5.46. The number of amides is 4. The number of likely N-dealkylation sites (tertiary alicyclic amines) is 2. The molecule has 0 aliphatic carbocycles. The summed E-state index contributed by atoms with van der Waals surface area (Å²) in [7, 11) is 5.42. The molecule has 18 heteroatoms. The highest BCUT2D eigenvalue weighted by molar-refractivity contribution is 7.99. The molecule has 59 heavy (non-hydrogen) atoms. The smallest absolute Gasteiger partial charge is 0.407 e. The number of halogens is 1. The first kappa shape index (κ1) is 43.1. The molecule has 4 aromatic rings. The number of aromatic amines is 2. The molecule has 0 spiro atoms. The third-order valence-electron chi connectivity index (χ3n) is 11.2. The van der Waals surface area contributed by atoms with Crippen LogP contribution in [-0.2, 0) is 28.5 Å². The number of carbonyl (C=O) groups is 4. The SMILES string of the molecule is COC(=O)NC(C(=O)N1CCCC1c1ncc(-c2ccc(-c3ccc(-c4cnc(C5CC(SC)CN5C(=O)C(NC(=O)OC)C(C)OC)[nH]4)cc3F)cc2)[nH]1)C(C)OC. The quantitative estimate of drug-likeness (QED) is 0.126. The summed E-state index contributed by atoms with van der Waals surface area (Å²) in [6, 6.07) is 9.79. The van der Waals surface area contributed by atoms with E-state index in [2.05, 4.69) is 30.6 Å². The molecule has 2 fully saturated rings. The van der Waals surface area contributed by atoms with Gasteiger partial charge in [0, 0.05) is 43.7 Å². The normalized spacial score (nSPS) is 19.8. The van der Waals surface area contributed by atoms with Gasteiger partial charge in [-0.15, -0.1) is 0 Å². The maximum atomic E-state index is 15.8. The van der Waals surface area contributed by atoms with Crippen LogP contribution in [0.5, 0.6) is 0 Å². The molecule has 16 nitrogen and oxygen atoms in total. The van der Waals surface area contributed by atoms with E-state index in [4.69, 9.17) is 18.9 Å². The van der Waals surface area contributed by atoms with Gasteiger partial charge in [0.15, 0.2) is 0 Å². The average Bonchev–Trinajstić information content (AvgIpc) is 4.10. The van der Waals surface area contributed by atoms with Gasteiger partial charge in [-0.25, -0.2) is 23.9 Å². The summed E-state index contributed by atoms with van der Waals surface area (Å²) in [6.45, 7) is 4.36. The van der Waals surface area contributed by atoms with Gasteiger partial charge in [-0.3, -0.25) is 9.59 Å². The van der Waals surface area contributed by atoms with Crippen LogP contribution in [0.25, 0.3) is 33.6 Å². The molecule has 0 saturated carbocycles. The minimum atomic E-state index is -0.972. The second-order valence-corrected chi connectivity index (χ2v) is 15.7. The Morgan fingerprint density at radius 2 is 1.31 bits per heavy atom. The summed E-state index contributed by atoms with van der Waals surface area (Å²) in [5.41, 5.74) is 3.84. The molecule has 4 heterocycles. The molecule has 6 rings (SSSR count). The number of ether oxygens (including phenoxy) is 4. The van der Waals surface area contributed by atoms with Crippen molar-refractivity contribution >= 4 is 35.8 Å². The van der Waals surface area contributed by atoms with Crippen LogP contribution in [0.15, 0.2) is 54.9 Å². The number of aromatic nitrogens is 4. The lowest BCUT2D eigenvalue weighted by Gasteiger charge is -2.30. The standard InChI is InChI=1S/C41H51FN8O8S/c1-22(55-3)34(47-40(53)57-5)38(51)49-16-8-9-32(49)36-43-19-30(45-36)25-12-10-24(11-13-25)28-15-14-26(17-29(28)42)31-20-44-37(46-31)33-18-27(59-7)21-50(33)39(52)35(23(2)56-4)48-41(54)58-6/h10-15,17,19-20,22-23,27,32-35H,8-9,16,18,21H2,1-7H3,(H,43,45)(H,44,46)(H,47,53)(H,48,54). The van der Waals surface area contributed by atoms with Crippen LogP contribution >= 0.6 is 11.8 Å². The number of benzene rings is 2. The predicted octanol–water partition coefficient (Wildman–Crippen LogP) is 5.46. The van der Waals surface area contributed by atoms with Crippen molar-refractivity contribution < 1.29 is 42.5 Å². The number of imidazole rings is 2. The second-order valence-electron chi connectivity index (χ2n) is 14.5. The fourth-order valence-electron chi connectivity index (χ4n) is 7.60. The number of methoxy groups -OCH3 is 4. The van der Waals surface area contributed by atoms with Crippen molar-refractivity contribution in [2.24, 2.45) is 0 Å². The van der Waals surface area contributed by atoms with E-state index < -0.39 is 48.3 Å². The van der Waals surface area contributed by atoms with Crippen LogP contribution in [0.2, 0.25) is 0 Å². The van der Waals surface area contributed by atoms with Gasteiger partial charge in [-0.1, -0.05) is 36.4 Å². The number of thioether (sulfide) groups is 1. The van der Waals surface area contributed by atoms with Crippen molar-refractivity contribution in [3.05, 3.63) is 72.3 Å². The summed E-state index contributed by atoms with van der Waals surface area (Å²) >= 11 is 1.65. The highest BCUT2D eigenvalue weighted by atomic mass is 32.2. The zero-order valence-corrected chi connectivity index (χ0v) is 34.9. The monoisotopic (exact) mass is 834 g/mol. The number of H-pyrrole nitrogens is 2. The Morgan fingerprint density at radius 3 is 1.85 bits per heavy atom. The van der Waals surface area contributed by atoms with Gasteiger partial charge in [0.05, 0.1) is 62.3 Å². The Labute approximate surface area is 346 Å². The van der Waals surface area contributed by atoms with Gasteiger partial charge in [0.2, 0.25) is 11.8 Å². The molecular formula is C41H51FN8O8S. The van der Waals surface area contributed by atoms with Crippen molar-refractivity contribution in [1.29, 1.82) is 0 Å². The molecule has 2 aliphatic heterocycles. The number of alkyl carbamates (subject to hydrolysis) is 2. The summed E-state index contributed by atoms with van der Waals surface area (Å²) in [4.78, 5) is 70.9. The van der Waals surface area contributed by atoms with Crippen LogP contribution in [0.3, 0.4) is 0 Å². The first-order chi connectivity index (χ1) is 28.4. The van der Waals surface area contributed by atoms with Gasteiger partial charge in [0.1, 0.15) is 29.5 Å². The van der Waals surface area contributed by atoms with Gasteiger partial charge in [-0.2, -0.15) is 11.8 Å². The number of hydrogen-bond donors (Lipinski definition) is 4. The summed E-state index contributed by atoms with van der Waals surface area (Å²) in [5.74, 6) is 0.154. The van der Waals surface area contributed by atoms with Crippen LogP contribution < -0.4 is 10.6 Å². The van der Waals surface area contributed by atoms with Crippen LogP contribution in [0.1, 0.15) is 56.8 Å². The minimum absolute atomic E-state index is 0.141. The van der Waals surface area contributed by atoms with Crippen molar-refractivity contribution in [2.75, 3.05) is 47.8 Å². The van der Waals surface area contributed by atoms with E-state index in [0.29, 0.717) is 60.0 Å². The molecular weight excluding hydrogens is 784 g/mol. The van der Waals surface area contributed by atoms with Crippen molar-refractivity contribution in [3.8, 4) is 33.6 Å². The fourth-order valence-corrected chi connectivity index (χ4v) is 8.28. The van der Waals surface area contributed by atoms with Gasteiger partial charge >= 0.3 is 12.2 Å². The van der Waals surface area contributed by atoms with E-state index in [0.717, 1.165) is 17.7 Å². The molecule has 0 radical (unpaired) electrons. The fraction of sp³-hybridized carbons (Fsp3) is 0.463. The Kier molecular flexibility index (Phi) is 13.9. The van der Waals surface area contributed by atoms with E-state index in [-0.39, 0.29) is 23.1 Å². The zero-order chi connectivity index (χ0) is 42.4. The number of rotatable bonds is 14. The first-order valence-electron chi connectivity index (χ1n) is 19.3. The van der Waals surface area contributed by atoms with Crippen LogP contribution in [-0.4, -0.2) is 131 Å². The topological polar surface area (TPSA) is 193 Å². The molecule has 2 aromatic heterocycles. The van der Waals surface area contributed by atoms with Crippen molar-refractivity contribution in [2.45, 2.75) is 74.7 Å². The van der Waals surface area contributed by atoms with E-state index in [1.54, 1.807) is 53.9 Å². The molecule has 316 valence electrons. The van der Waals surface area contributed by atoms with Gasteiger partial charge < -0.3 is 49.3 Å². The summed E-state index contributed by atoms with van der Waals surface area (Å²) in [5, 5.41) is 5.34. The molecule has 7 atom stereocenters. The van der Waals surface area contributed by atoms with Crippen LogP contribution in [0, 0.1) is 5.82 Å². The largest absolute Gasteiger partial charge is 0.453 e. The molecule has 2 saturated heterocycles. The van der Waals surface area contributed by atoms with Crippen molar-refractivity contribution in [3.63, 3.8) is 0 Å². The van der Waals surface area contributed by atoms with Crippen LogP contribution in [0.4, 0.5) is 14.0 Å². The predicted molar refractivity (Wildman–Crippen MR) is 219 cm³/mol. The van der Waals surface area contributed by atoms with E-state index >= 15 is 4.39 Å². The van der Waals surface area contributed by atoms with E-state index in [1.165, 1.54) is 34.5 Å². The lowest BCUT2D eigenvalue weighted by molar-refractivity contribution is -0.138. The summed E-state index contributed by atoms with van der Waals surface area (Å²) < 4.78 is 36.1. The van der Waals surface area contributed by atoms with Gasteiger partial charge in [0.25, 0.3) is 0 Å². The molecule has 4 N–H and O–H groups in total. The third-order valence-corrected chi connectivity index (χ3v) is 12.2. The molecule has 2 aromatic carbocycles. The van der Waals surface area contributed by atoms with E-state index in [1.807, 2.05) is 36.6 Å². The highest BCUT2D eigenvalue weighted by Gasteiger charge is 2.42. The maximum absolute atomic E-state index is 15.8. The summed E-state index contributed by atoms with van der Waals surface area (Å²) in [6.07, 6.45) is 4.77. The first-order valence-corrected chi connectivity index (χ1v) is 20.6. The average molecular weight is 835 g/mol. The molecule has 2 aliphatic rings. The molecule has 7 unspecified atom stereocenters. The molecule has 0 bridgehead atoms. The Balaban J connectivity index is 1.15. The number of carbonyl (C=O) groups excluding carboxylic acids is 4. The maximum Gasteiger partial charge on any atom is 0.407 e. The number of nitrogens with zero attached hydrogens (tertiary/aromatic N) is 4. The van der Waals surface area contributed by atoms with E-state index in [9.17, 15) is 19.2 Å². The highest BCUT2D eigenvalue weighted by Crippen LogP contribution is 2.38. The minimum Gasteiger partial charge on any atom is -0.453 e. The number of nitrogens with one attached hydrogen (secondary N) is 4. The lowest BCUT2D eigenvalue weighted by atomic mass is 10.0. The third kappa shape index (κ3) is 9.39. The molecule has 4 amide bonds.